The highest BCUT2D eigenvalue weighted by Gasteiger charge is 2.18. The Morgan fingerprint density at radius 3 is 3.10 bits per heavy atom. The zero-order valence-corrected chi connectivity index (χ0v) is 6.67. The van der Waals surface area contributed by atoms with Crippen molar-refractivity contribution in [2.24, 2.45) is 0 Å². The van der Waals surface area contributed by atoms with Crippen LogP contribution in [0.25, 0.3) is 0 Å². The van der Waals surface area contributed by atoms with Crippen LogP contribution in [-0.2, 0) is 9.47 Å². The van der Waals surface area contributed by atoms with Crippen LogP contribution in [0.4, 0.5) is 0 Å². The van der Waals surface area contributed by atoms with Gasteiger partial charge in [-0.25, -0.2) is 0 Å². The summed E-state index contributed by atoms with van der Waals surface area (Å²) in [6, 6.07) is 0.457. The fourth-order valence-electron chi connectivity index (χ4n) is 1.11. The van der Waals surface area contributed by atoms with Crippen LogP contribution >= 0.6 is 0 Å². The van der Waals surface area contributed by atoms with E-state index in [-0.39, 0.29) is 0 Å². The number of methoxy groups -OCH3 is 1. The van der Waals surface area contributed by atoms with Crippen molar-refractivity contribution >= 4 is 0 Å². The second-order valence-electron chi connectivity index (χ2n) is 2.66. The molecule has 0 aromatic rings. The van der Waals surface area contributed by atoms with Crippen molar-refractivity contribution in [1.29, 1.82) is 0 Å². The lowest BCUT2D eigenvalue weighted by Gasteiger charge is -2.31. The first-order valence-corrected chi connectivity index (χ1v) is 3.61. The Labute approximate surface area is 61.9 Å². The van der Waals surface area contributed by atoms with E-state index >= 15 is 0 Å². The van der Waals surface area contributed by atoms with Gasteiger partial charge >= 0.3 is 0 Å². The van der Waals surface area contributed by atoms with E-state index in [0.717, 1.165) is 26.4 Å². The minimum atomic E-state index is 0.457. The van der Waals surface area contributed by atoms with Crippen molar-refractivity contribution in [3.8, 4) is 0 Å². The molecule has 1 rings (SSSR count). The summed E-state index contributed by atoms with van der Waals surface area (Å²) < 4.78 is 10.3. The first-order chi connectivity index (χ1) is 4.84. The van der Waals surface area contributed by atoms with Crippen LogP contribution < -0.4 is 0 Å². The van der Waals surface area contributed by atoms with Gasteiger partial charge in [-0.2, -0.15) is 0 Å². The Bertz CT molecular complexity index is 95.6. The number of hydrogen-bond acceptors (Lipinski definition) is 3. The summed E-state index contributed by atoms with van der Waals surface area (Å²) in [5.41, 5.74) is 0. The standard InChI is InChI=1S/C7H15NO2/c1-8-3-4-10-6-7(8)5-9-2/h7H,3-6H2,1-2H3/t7-/m1/s1. The van der Waals surface area contributed by atoms with E-state index in [1.165, 1.54) is 0 Å². The molecule has 1 heterocycles. The maximum atomic E-state index is 5.28. The monoisotopic (exact) mass is 145 g/mol. The van der Waals surface area contributed by atoms with E-state index in [1.807, 2.05) is 0 Å². The predicted octanol–water partition coefficient (Wildman–Crippen LogP) is -0.0366. The van der Waals surface area contributed by atoms with Gasteiger partial charge in [0.1, 0.15) is 0 Å². The van der Waals surface area contributed by atoms with Gasteiger partial charge < -0.3 is 9.47 Å². The molecular formula is C7H15NO2. The van der Waals surface area contributed by atoms with Gasteiger partial charge in [-0.15, -0.1) is 0 Å². The number of rotatable bonds is 2. The third-order valence-corrected chi connectivity index (χ3v) is 1.88. The van der Waals surface area contributed by atoms with Crippen molar-refractivity contribution in [1.82, 2.24) is 4.90 Å². The van der Waals surface area contributed by atoms with Crippen molar-refractivity contribution in [3.05, 3.63) is 0 Å². The number of likely N-dealkylation sites (N-methyl/N-ethyl adjacent to an activating group) is 1. The molecular weight excluding hydrogens is 130 g/mol. The van der Waals surface area contributed by atoms with Gasteiger partial charge in [0, 0.05) is 13.7 Å². The van der Waals surface area contributed by atoms with Crippen molar-refractivity contribution in [2.75, 3.05) is 40.5 Å². The van der Waals surface area contributed by atoms with Crippen LogP contribution in [0.1, 0.15) is 0 Å². The second-order valence-corrected chi connectivity index (χ2v) is 2.66. The average Bonchev–Trinajstić information content (AvgIpc) is 1.94. The minimum absolute atomic E-state index is 0.457. The first kappa shape index (κ1) is 7.98. The molecule has 1 atom stereocenters. The molecule has 0 amide bonds. The van der Waals surface area contributed by atoms with Crippen LogP contribution in [0.15, 0.2) is 0 Å². The van der Waals surface area contributed by atoms with Gasteiger partial charge in [-0.1, -0.05) is 0 Å². The lowest BCUT2D eigenvalue weighted by Crippen LogP contribution is -2.45. The number of hydrogen-bond donors (Lipinski definition) is 0. The van der Waals surface area contributed by atoms with Gasteiger partial charge in [-0.3, -0.25) is 4.90 Å². The van der Waals surface area contributed by atoms with E-state index in [9.17, 15) is 0 Å². The molecule has 1 fully saturated rings. The number of nitrogens with zero attached hydrogens (tertiary/aromatic N) is 1. The Balaban J connectivity index is 2.25. The topological polar surface area (TPSA) is 21.7 Å². The minimum Gasteiger partial charge on any atom is -0.383 e. The molecule has 3 heteroatoms. The molecule has 0 unspecified atom stereocenters. The van der Waals surface area contributed by atoms with E-state index in [0.29, 0.717) is 6.04 Å². The number of ether oxygens (including phenoxy) is 2. The lowest BCUT2D eigenvalue weighted by molar-refractivity contribution is -0.0231. The quantitative estimate of drug-likeness (QED) is 0.544. The van der Waals surface area contributed by atoms with Crippen molar-refractivity contribution < 1.29 is 9.47 Å². The van der Waals surface area contributed by atoms with Crippen LogP contribution in [0.3, 0.4) is 0 Å². The summed E-state index contributed by atoms with van der Waals surface area (Å²) in [7, 11) is 3.83. The lowest BCUT2D eigenvalue weighted by atomic mass is 10.2. The fourth-order valence-corrected chi connectivity index (χ4v) is 1.11. The predicted molar refractivity (Wildman–Crippen MR) is 39.1 cm³/mol. The normalized spacial score (nSPS) is 28.8. The van der Waals surface area contributed by atoms with Crippen LogP contribution in [0, 0.1) is 0 Å². The Morgan fingerprint density at radius 1 is 1.70 bits per heavy atom. The summed E-state index contributed by atoms with van der Waals surface area (Å²) in [6.07, 6.45) is 0. The van der Waals surface area contributed by atoms with E-state index in [2.05, 4.69) is 11.9 Å². The highest BCUT2D eigenvalue weighted by molar-refractivity contribution is 4.70. The fraction of sp³-hybridized carbons (Fsp3) is 1.00. The SMILES string of the molecule is COC[C@@H]1COCCN1C. The van der Waals surface area contributed by atoms with Gasteiger partial charge in [-0.05, 0) is 7.05 Å². The molecule has 0 spiro atoms. The Morgan fingerprint density at radius 2 is 2.50 bits per heavy atom. The maximum Gasteiger partial charge on any atom is 0.0644 e. The molecule has 0 aromatic carbocycles. The molecule has 0 saturated carbocycles. The molecule has 0 bridgehead atoms. The summed E-state index contributed by atoms with van der Waals surface area (Å²) in [5, 5.41) is 0. The second kappa shape index (κ2) is 3.91. The molecule has 60 valence electrons. The van der Waals surface area contributed by atoms with Gasteiger partial charge in [0.2, 0.25) is 0 Å². The third kappa shape index (κ3) is 1.94. The molecule has 0 aromatic heterocycles. The van der Waals surface area contributed by atoms with Crippen molar-refractivity contribution in [3.63, 3.8) is 0 Å². The van der Waals surface area contributed by atoms with E-state index < -0.39 is 0 Å². The maximum absolute atomic E-state index is 5.28. The zero-order chi connectivity index (χ0) is 7.40. The number of morpholine rings is 1. The van der Waals surface area contributed by atoms with Gasteiger partial charge in [0.05, 0.1) is 25.9 Å². The van der Waals surface area contributed by atoms with Crippen LogP contribution in [0.5, 0.6) is 0 Å². The highest BCUT2D eigenvalue weighted by Crippen LogP contribution is 2.03. The summed E-state index contributed by atoms with van der Waals surface area (Å²) in [4.78, 5) is 2.27. The molecule has 3 nitrogen and oxygen atoms in total. The highest BCUT2D eigenvalue weighted by atomic mass is 16.5. The van der Waals surface area contributed by atoms with E-state index in [4.69, 9.17) is 9.47 Å². The summed E-state index contributed by atoms with van der Waals surface area (Å²) >= 11 is 0. The largest absolute Gasteiger partial charge is 0.383 e. The molecule has 0 radical (unpaired) electrons. The molecule has 1 aliphatic rings. The Kier molecular flexibility index (Phi) is 3.12. The van der Waals surface area contributed by atoms with Crippen LogP contribution in [0.2, 0.25) is 0 Å². The summed E-state index contributed by atoms with van der Waals surface area (Å²) in [6.45, 7) is 3.46. The molecule has 10 heavy (non-hydrogen) atoms. The smallest absolute Gasteiger partial charge is 0.0644 e. The zero-order valence-electron chi connectivity index (χ0n) is 6.67. The van der Waals surface area contributed by atoms with Crippen LogP contribution in [-0.4, -0.2) is 51.5 Å². The van der Waals surface area contributed by atoms with Gasteiger partial charge in [0.15, 0.2) is 0 Å². The molecule has 1 aliphatic heterocycles. The van der Waals surface area contributed by atoms with E-state index in [1.54, 1.807) is 7.11 Å². The average molecular weight is 145 g/mol. The summed E-state index contributed by atoms with van der Waals surface area (Å²) in [5.74, 6) is 0. The Hall–Kier alpha value is -0.120. The molecule has 0 N–H and O–H groups in total. The molecule has 0 aliphatic carbocycles. The van der Waals surface area contributed by atoms with Crippen molar-refractivity contribution in [2.45, 2.75) is 6.04 Å². The third-order valence-electron chi connectivity index (χ3n) is 1.88. The molecule has 1 saturated heterocycles. The van der Waals surface area contributed by atoms with Gasteiger partial charge in [0.25, 0.3) is 0 Å². The first-order valence-electron chi connectivity index (χ1n) is 3.61.